The Bertz CT molecular complexity index is 571. The minimum absolute atomic E-state index is 0.299. The number of aromatic nitrogens is 1. The van der Waals surface area contributed by atoms with Crippen molar-refractivity contribution in [1.82, 2.24) is 4.98 Å². The summed E-state index contributed by atoms with van der Waals surface area (Å²) < 4.78 is 5.45. The number of ether oxygens (including phenoxy) is 1. The van der Waals surface area contributed by atoms with Crippen LogP contribution in [-0.2, 0) is 12.8 Å². The van der Waals surface area contributed by atoms with Crippen LogP contribution in [0.3, 0.4) is 0 Å². The first-order valence-corrected chi connectivity index (χ1v) is 6.12. The highest BCUT2D eigenvalue weighted by atomic mass is 16.5. The zero-order chi connectivity index (χ0) is 12.0. The third kappa shape index (κ3) is 1.62. The molecular formula is C14H18N2O. The van der Waals surface area contributed by atoms with Gasteiger partial charge in [-0.05, 0) is 49.4 Å². The average molecular weight is 230 g/mol. The van der Waals surface area contributed by atoms with Crippen LogP contribution in [0, 0.1) is 6.92 Å². The molecule has 0 radical (unpaired) electrons. The number of rotatable bonds is 1. The summed E-state index contributed by atoms with van der Waals surface area (Å²) >= 11 is 0. The summed E-state index contributed by atoms with van der Waals surface area (Å²) in [6, 6.07) is 4.60. The Morgan fingerprint density at radius 1 is 1.41 bits per heavy atom. The lowest BCUT2D eigenvalue weighted by Gasteiger charge is -2.18. The fourth-order valence-electron chi connectivity index (χ4n) is 2.81. The number of H-pyrrole nitrogens is 1. The molecule has 1 aliphatic rings. The topological polar surface area (TPSA) is 51.0 Å². The number of benzene rings is 1. The number of aromatic amines is 1. The molecule has 1 heterocycles. The molecule has 1 aliphatic carbocycles. The van der Waals surface area contributed by atoms with E-state index >= 15 is 0 Å². The van der Waals surface area contributed by atoms with E-state index in [1.807, 2.05) is 0 Å². The Morgan fingerprint density at radius 2 is 2.24 bits per heavy atom. The SMILES string of the molecule is COc1cc(C)cc2c3c([nH]c12)CCC(N)C3. The van der Waals surface area contributed by atoms with Crippen molar-refractivity contribution >= 4 is 10.9 Å². The highest BCUT2D eigenvalue weighted by Crippen LogP contribution is 2.34. The molecule has 3 heteroatoms. The second-order valence-electron chi connectivity index (χ2n) is 4.97. The minimum Gasteiger partial charge on any atom is -0.495 e. The van der Waals surface area contributed by atoms with Crippen molar-refractivity contribution in [3.05, 3.63) is 29.0 Å². The van der Waals surface area contributed by atoms with Gasteiger partial charge in [0.25, 0.3) is 0 Å². The van der Waals surface area contributed by atoms with Gasteiger partial charge in [-0.3, -0.25) is 0 Å². The first kappa shape index (κ1) is 10.7. The van der Waals surface area contributed by atoms with Crippen LogP contribution in [0.15, 0.2) is 12.1 Å². The summed E-state index contributed by atoms with van der Waals surface area (Å²) in [5.74, 6) is 0.933. The van der Waals surface area contributed by atoms with E-state index in [-0.39, 0.29) is 0 Å². The summed E-state index contributed by atoms with van der Waals surface area (Å²) in [6.45, 7) is 2.10. The maximum atomic E-state index is 6.06. The maximum absolute atomic E-state index is 6.06. The van der Waals surface area contributed by atoms with E-state index in [9.17, 15) is 0 Å². The number of nitrogens with one attached hydrogen (secondary N) is 1. The molecular weight excluding hydrogens is 212 g/mol. The molecule has 0 saturated carbocycles. The molecule has 1 aromatic carbocycles. The van der Waals surface area contributed by atoms with Gasteiger partial charge in [-0.2, -0.15) is 0 Å². The zero-order valence-electron chi connectivity index (χ0n) is 10.3. The van der Waals surface area contributed by atoms with Gasteiger partial charge in [0.15, 0.2) is 0 Å². The summed E-state index contributed by atoms with van der Waals surface area (Å²) in [4.78, 5) is 3.50. The van der Waals surface area contributed by atoms with Gasteiger partial charge in [-0.1, -0.05) is 0 Å². The molecule has 0 aliphatic heterocycles. The second-order valence-corrected chi connectivity index (χ2v) is 4.97. The largest absolute Gasteiger partial charge is 0.495 e. The van der Waals surface area contributed by atoms with Crippen molar-refractivity contribution in [1.29, 1.82) is 0 Å². The molecule has 3 rings (SSSR count). The van der Waals surface area contributed by atoms with E-state index in [4.69, 9.17) is 10.5 Å². The highest BCUT2D eigenvalue weighted by Gasteiger charge is 2.21. The van der Waals surface area contributed by atoms with E-state index in [0.717, 1.165) is 30.5 Å². The van der Waals surface area contributed by atoms with E-state index in [2.05, 4.69) is 24.0 Å². The number of fused-ring (bicyclic) bond motifs is 3. The van der Waals surface area contributed by atoms with Crippen molar-refractivity contribution in [2.75, 3.05) is 7.11 Å². The van der Waals surface area contributed by atoms with Crippen LogP contribution in [0.1, 0.15) is 23.2 Å². The van der Waals surface area contributed by atoms with E-state index in [0.29, 0.717) is 6.04 Å². The standard InChI is InChI=1S/C14H18N2O/c1-8-5-11-10-7-9(15)3-4-12(10)16-14(11)13(6-8)17-2/h5-6,9,16H,3-4,7,15H2,1-2H3. The molecule has 90 valence electrons. The highest BCUT2D eigenvalue weighted by molar-refractivity contribution is 5.90. The van der Waals surface area contributed by atoms with Crippen molar-refractivity contribution < 1.29 is 4.74 Å². The minimum atomic E-state index is 0.299. The van der Waals surface area contributed by atoms with Gasteiger partial charge in [0.1, 0.15) is 5.75 Å². The number of hydrogen-bond donors (Lipinski definition) is 2. The summed E-state index contributed by atoms with van der Waals surface area (Å²) in [5, 5.41) is 1.28. The van der Waals surface area contributed by atoms with Gasteiger partial charge < -0.3 is 15.5 Å². The van der Waals surface area contributed by atoms with E-state index < -0.39 is 0 Å². The second kappa shape index (κ2) is 3.77. The van der Waals surface area contributed by atoms with Crippen molar-refractivity contribution in [3.63, 3.8) is 0 Å². The predicted octanol–water partition coefficient (Wildman–Crippen LogP) is 2.30. The van der Waals surface area contributed by atoms with Crippen molar-refractivity contribution in [2.45, 2.75) is 32.2 Å². The van der Waals surface area contributed by atoms with Crippen LogP contribution in [0.4, 0.5) is 0 Å². The van der Waals surface area contributed by atoms with Gasteiger partial charge in [0.05, 0.1) is 12.6 Å². The lowest BCUT2D eigenvalue weighted by atomic mass is 9.92. The summed E-state index contributed by atoms with van der Waals surface area (Å²) in [7, 11) is 1.72. The van der Waals surface area contributed by atoms with Gasteiger partial charge in [-0.25, -0.2) is 0 Å². The van der Waals surface area contributed by atoms with Crippen LogP contribution in [0.25, 0.3) is 10.9 Å². The molecule has 0 spiro atoms. The van der Waals surface area contributed by atoms with Crippen LogP contribution in [0.5, 0.6) is 5.75 Å². The molecule has 1 atom stereocenters. The quantitative estimate of drug-likeness (QED) is 0.789. The Morgan fingerprint density at radius 3 is 3.00 bits per heavy atom. The number of methoxy groups -OCH3 is 1. The normalized spacial score (nSPS) is 19.4. The molecule has 0 saturated heterocycles. The van der Waals surface area contributed by atoms with Crippen LogP contribution in [0.2, 0.25) is 0 Å². The smallest absolute Gasteiger partial charge is 0.143 e. The van der Waals surface area contributed by atoms with Crippen LogP contribution < -0.4 is 10.5 Å². The Labute approximate surface area is 101 Å². The molecule has 0 bridgehead atoms. The summed E-state index contributed by atoms with van der Waals surface area (Å²) in [5.41, 5.74) is 11.1. The average Bonchev–Trinajstić information content (AvgIpc) is 2.66. The molecule has 3 nitrogen and oxygen atoms in total. The van der Waals surface area contributed by atoms with Gasteiger partial charge in [-0.15, -0.1) is 0 Å². The fourth-order valence-corrected chi connectivity index (χ4v) is 2.81. The van der Waals surface area contributed by atoms with E-state index in [1.54, 1.807) is 7.11 Å². The Hall–Kier alpha value is -1.48. The molecule has 3 N–H and O–H groups in total. The molecule has 0 amide bonds. The maximum Gasteiger partial charge on any atom is 0.143 e. The van der Waals surface area contributed by atoms with Crippen LogP contribution in [-0.4, -0.2) is 18.1 Å². The fraction of sp³-hybridized carbons (Fsp3) is 0.429. The van der Waals surface area contributed by atoms with Gasteiger partial charge in [0, 0.05) is 17.1 Å². The Balaban J connectivity index is 2.28. The molecule has 0 fully saturated rings. The number of hydrogen-bond acceptors (Lipinski definition) is 2. The first-order valence-electron chi connectivity index (χ1n) is 6.12. The lowest BCUT2D eigenvalue weighted by Crippen LogP contribution is -2.27. The third-order valence-electron chi connectivity index (χ3n) is 3.66. The lowest BCUT2D eigenvalue weighted by molar-refractivity contribution is 0.418. The summed E-state index contributed by atoms with van der Waals surface area (Å²) in [6.07, 6.45) is 3.09. The van der Waals surface area contributed by atoms with Crippen molar-refractivity contribution in [2.24, 2.45) is 5.73 Å². The Kier molecular flexibility index (Phi) is 2.37. The van der Waals surface area contributed by atoms with Crippen molar-refractivity contribution in [3.8, 4) is 5.75 Å². The molecule has 1 unspecified atom stereocenters. The molecule has 2 aromatic rings. The predicted molar refractivity (Wildman–Crippen MR) is 69.6 cm³/mol. The van der Waals surface area contributed by atoms with Gasteiger partial charge in [0.2, 0.25) is 0 Å². The number of nitrogens with two attached hydrogens (primary N) is 1. The number of aryl methyl sites for hydroxylation is 2. The third-order valence-corrected chi connectivity index (χ3v) is 3.66. The van der Waals surface area contributed by atoms with Crippen LogP contribution >= 0.6 is 0 Å². The van der Waals surface area contributed by atoms with Gasteiger partial charge >= 0.3 is 0 Å². The van der Waals surface area contributed by atoms with E-state index in [1.165, 1.54) is 22.2 Å². The molecule has 17 heavy (non-hydrogen) atoms. The zero-order valence-corrected chi connectivity index (χ0v) is 10.3. The first-order chi connectivity index (χ1) is 8.19. The molecule has 1 aromatic heterocycles. The monoisotopic (exact) mass is 230 g/mol.